The van der Waals surface area contributed by atoms with Crippen molar-refractivity contribution in [3.63, 3.8) is 0 Å². The summed E-state index contributed by atoms with van der Waals surface area (Å²) in [6, 6.07) is 3.38. The van der Waals surface area contributed by atoms with Crippen LogP contribution in [0.25, 0.3) is 0 Å². The Morgan fingerprint density at radius 2 is 1.95 bits per heavy atom. The van der Waals surface area contributed by atoms with Crippen LogP contribution in [0.2, 0.25) is 0 Å². The van der Waals surface area contributed by atoms with E-state index in [1.165, 1.54) is 12.1 Å². The van der Waals surface area contributed by atoms with Crippen LogP contribution in [0.1, 0.15) is 10.4 Å². The number of benzene rings is 1. The molecule has 0 fully saturated rings. The van der Waals surface area contributed by atoms with Crippen LogP contribution >= 0.6 is 0 Å². The van der Waals surface area contributed by atoms with Crippen LogP contribution in [0.3, 0.4) is 0 Å². The summed E-state index contributed by atoms with van der Waals surface area (Å²) in [5, 5.41) is 8.76. The fraction of sp³-hybridized carbons (Fsp3) is 0.364. The zero-order valence-electron chi connectivity index (χ0n) is 9.54. The number of halogens is 4. The normalized spacial score (nSPS) is 11.4. The minimum atomic E-state index is -4.44. The van der Waals surface area contributed by atoms with Gasteiger partial charge in [0.2, 0.25) is 0 Å². The molecular formula is C11H10F4O4. The van der Waals surface area contributed by atoms with E-state index in [1.54, 1.807) is 0 Å². The largest absolute Gasteiger partial charge is 0.490 e. The van der Waals surface area contributed by atoms with Crippen LogP contribution < -0.4 is 4.74 Å². The SMILES string of the molecule is O=C(O)c1c(F)cccc1OCCOCC(F)(F)F. The van der Waals surface area contributed by atoms with E-state index in [4.69, 9.17) is 9.84 Å². The van der Waals surface area contributed by atoms with Crippen LogP contribution in [0.5, 0.6) is 5.75 Å². The van der Waals surface area contributed by atoms with Crippen molar-refractivity contribution in [2.45, 2.75) is 6.18 Å². The van der Waals surface area contributed by atoms with Crippen molar-refractivity contribution in [1.82, 2.24) is 0 Å². The van der Waals surface area contributed by atoms with E-state index < -0.39 is 36.7 Å². The molecule has 1 aromatic rings. The lowest BCUT2D eigenvalue weighted by atomic mass is 10.2. The third-order valence-corrected chi connectivity index (χ3v) is 1.94. The Bertz CT molecular complexity index is 445. The fourth-order valence-corrected chi connectivity index (χ4v) is 1.23. The molecule has 0 radical (unpaired) electrons. The van der Waals surface area contributed by atoms with Gasteiger partial charge in [-0.2, -0.15) is 13.2 Å². The lowest BCUT2D eigenvalue weighted by Crippen LogP contribution is -2.19. The molecule has 0 spiro atoms. The summed E-state index contributed by atoms with van der Waals surface area (Å²) in [6.45, 7) is -2.14. The molecule has 0 heterocycles. The molecule has 1 aromatic carbocycles. The quantitative estimate of drug-likeness (QED) is 0.643. The highest BCUT2D eigenvalue weighted by molar-refractivity contribution is 5.91. The summed E-state index contributed by atoms with van der Waals surface area (Å²) < 4.78 is 57.5. The third kappa shape index (κ3) is 5.12. The van der Waals surface area contributed by atoms with Gasteiger partial charge in [0.15, 0.2) is 0 Å². The number of carbonyl (C=O) groups is 1. The number of carboxylic acid groups (broad SMARTS) is 1. The van der Waals surface area contributed by atoms with Gasteiger partial charge in [-0.3, -0.25) is 0 Å². The van der Waals surface area contributed by atoms with Gasteiger partial charge in [-0.25, -0.2) is 9.18 Å². The Balaban J connectivity index is 2.50. The molecule has 0 aliphatic rings. The van der Waals surface area contributed by atoms with Crippen molar-refractivity contribution >= 4 is 5.97 Å². The van der Waals surface area contributed by atoms with E-state index in [2.05, 4.69) is 4.74 Å². The summed E-state index contributed by atoms with van der Waals surface area (Å²) in [4.78, 5) is 10.8. The molecule has 0 amide bonds. The number of hydrogen-bond acceptors (Lipinski definition) is 3. The van der Waals surface area contributed by atoms with Crippen LogP contribution in [-0.4, -0.2) is 37.1 Å². The second-order valence-electron chi connectivity index (χ2n) is 3.43. The molecule has 0 bridgehead atoms. The van der Waals surface area contributed by atoms with Crippen LogP contribution in [0.4, 0.5) is 17.6 Å². The van der Waals surface area contributed by atoms with Crippen LogP contribution in [0, 0.1) is 5.82 Å². The average molecular weight is 282 g/mol. The van der Waals surface area contributed by atoms with E-state index in [-0.39, 0.29) is 12.4 Å². The summed E-state index contributed by atoms with van der Waals surface area (Å²) >= 11 is 0. The first-order valence-corrected chi connectivity index (χ1v) is 5.10. The highest BCUT2D eigenvalue weighted by Crippen LogP contribution is 2.21. The highest BCUT2D eigenvalue weighted by Gasteiger charge is 2.27. The maximum atomic E-state index is 13.2. The van der Waals surface area contributed by atoms with Crippen molar-refractivity contribution in [3.05, 3.63) is 29.6 Å². The third-order valence-electron chi connectivity index (χ3n) is 1.94. The molecule has 19 heavy (non-hydrogen) atoms. The topological polar surface area (TPSA) is 55.8 Å². The van der Waals surface area contributed by atoms with Gasteiger partial charge in [0, 0.05) is 0 Å². The number of aromatic carboxylic acids is 1. The standard InChI is InChI=1S/C11H10F4O4/c12-7-2-1-3-8(9(7)10(16)17)19-5-4-18-6-11(13,14)15/h1-3H,4-6H2,(H,16,17). The van der Waals surface area contributed by atoms with Crippen molar-refractivity contribution in [1.29, 1.82) is 0 Å². The van der Waals surface area contributed by atoms with Gasteiger partial charge in [-0.15, -0.1) is 0 Å². The van der Waals surface area contributed by atoms with Gasteiger partial charge >= 0.3 is 12.1 Å². The van der Waals surface area contributed by atoms with E-state index in [0.29, 0.717) is 0 Å². The van der Waals surface area contributed by atoms with E-state index in [9.17, 15) is 22.4 Å². The molecule has 106 valence electrons. The zero-order chi connectivity index (χ0) is 14.5. The predicted molar refractivity (Wildman–Crippen MR) is 55.7 cm³/mol. The first-order valence-electron chi connectivity index (χ1n) is 5.10. The maximum Gasteiger partial charge on any atom is 0.411 e. The van der Waals surface area contributed by atoms with Gasteiger partial charge in [-0.05, 0) is 12.1 Å². The Labute approximate surface area is 105 Å². The Kier molecular flexibility index (Phi) is 5.11. The van der Waals surface area contributed by atoms with Gasteiger partial charge < -0.3 is 14.6 Å². The highest BCUT2D eigenvalue weighted by atomic mass is 19.4. The van der Waals surface area contributed by atoms with Crippen molar-refractivity contribution in [2.24, 2.45) is 0 Å². The monoisotopic (exact) mass is 282 g/mol. The van der Waals surface area contributed by atoms with Crippen molar-refractivity contribution < 1.29 is 36.9 Å². The molecule has 1 rings (SSSR count). The zero-order valence-corrected chi connectivity index (χ0v) is 9.54. The minimum Gasteiger partial charge on any atom is -0.490 e. The fourth-order valence-electron chi connectivity index (χ4n) is 1.23. The smallest absolute Gasteiger partial charge is 0.411 e. The second kappa shape index (κ2) is 6.37. The number of hydrogen-bond donors (Lipinski definition) is 1. The Hall–Kier alpha value is -1.83. The van der Waals surface area contributed by atoms with Gasteiger partial charge in [-0.1, -0.05) is 6.07 Å². The van der Waals surface area contributed by atoms with Gasteiger partial charge in [0.1, 0.15) is 30.3 Å². The van der Waals surface area contributed by atoms with Gasteiger partial charge in [0.25, 0.3) is 0 Å². The molecule has 8 heteroatoms. The summed E-state index contributed by atoms with van der Waals surface area (Å²) in [6.07, 6.45) is -4.44. The Morgan fingerprint density at radius 3 is 2.53 bits per heavy atom. The summed E-state index contributed by atoms with van der Waals surface area (Å²) in [5.41, 5.74) is -0.668. The van der Waals surface area contributed by atoms with Crippen LogP contribution in [0.15, 0.2) is 18.2 Å². The molecule has 0 saturated heterocycles. The molecule has 0 saturated carbocycles. The molecule has 0 aliphatic heterocycles. The second-order valence-corrected chi connectivity index (χ2v) is 3.43. The molecule has 0 unspecified atom stereocenters. The average Bonchev–Trinajstić information content (AvgIpc) is 2.26. The summed E-state index contributed by atoms with van der Waals surface area (Å²) in [5.74, 6) is -2.77. The predicted octanol–water partition coefficient (Wildman–Crippen LogP) is 2.48. The van der Waals surface area contributed by atoms with Crippen molar-refractivity contribution in [3.8, 4) is 5.75 Å². The summed E-state index contributed by atoms with van der Waals surface area (Å²) in [7, 11) is 0. The van der Waals surface area contributed by atoms with Gasteiger partial charge in [0.05, 0.1) is 6.61 Å². The number of ether oxygens (including phenoxy) is 2. The lowest BCUT2D eigenvalue weighted by molar-refractivity contribution is -0.175. The number of rotatable bonds is 6. The molecule has 1 N–H and O–H groups in total. The number of carboxylic acids is 1. The lowest BCUT2D eigenvalue weighted by Gasteiger charge is -2.11. The minimum absolute atomic E-state index is 0.261. The van der Waals surface area contributed by atoms with E-state index >= 15 is 0 Å². The molecule has 4 nitrogen and oxygen atoms in total. The maximum absolute atomic E-state index is 13.2. The van der Waals surface area contributed by atoms with E-state index in [1.807, 2.05) is 0 Å². The molecule has 0 atom stereocenters. The van der Waals surface area contributed by atoms with Crippen molar-refractivity contribution in [2.75, 3.05) is 19.8 Å². The number of alkyl halides is 3. The van der Waals surface area contributed by atoms with E-state index in [0.717, 1.165) is 6.07 Å². The Morgan fingerprint density at radius 1 is 1.26 bits per heavy atom. The first kappa shape index (κ1) is 15.2. The first-order chi connectivity index (χ1) is 8.81. The molecule has 0 aliphatic carbocycles. The molecular weight excluding hydrogens is 272 g/mol. The molecule has 0 aromatic heterocycles. The van der Waals surface area contributed by atoms with Crippen LogP contribution in [-0.2, 0) is 4.74 Å².